The van der Waals surface area contributed by atoms with Gasteiger partial charge in [-0.2, -0.15) is 0 Å². The molecule has 0 saturated carbocycles. The van der Waals surface area contributed by atoms with Gasteiger partial charge in [0.15, 0.2) is 17.4 Å². The van der Waals surface area contributed by atoms with E-state index in [2.05, 4.69) is 10.2 Å². The standard InChI is InChI=1S/C26H32N4O6/c1-4-35-21-16-17(6-11-20(21)31)23-22(25(33)36-5-2)24(32)28-26(27-23)30-14-12-29(13-15-30)18-7-9-19(34-3)10-8-18/h6-11,16,22-23,31H,4-5,12-15H2,1-3H3,(H,27,28,32)/t22-,23-/m0/s1. The number of rotatable bonds is 7. The number of phenolic OH excluding ortho intramolecular Hbond substituents is 1. The van der Waals surface area contributed by atoms with Gasteiger partial charge < -0.3 is 29.1 Å². The summed E-state index contributed by atoms with van der Waals surface area (Å²) in [5.41, 5.74) is 1.68. The van der Waals surface area contributed by atoms with Crippen LogP contribution in [-0.4, -0.2) is 74.3 Å². The smallest absolute Gasteiger partial charge is 0.321 e. The van der Waals surface area contributed by atoms with E-state index >= 15 is 0 Å². The summed E-state index contributed by atoms with van der Waals surface area (Å²) < 4.78 is 15.9. The minimum atomic E-state index is -1.15. The Morgan fingerprint density at radius 1 is 1.06 bits per heavy atom. The number of aromatic hydroxyl groups is 1. The van der Waals surface area contributed by atoms with E-state index < -0.39 is 23.8 Å². The number of guanidine groups is 1. The fourth-order valence-electron chi connectivity index (χ4n) is 4.42. The van der Waals surface area contributed by atoms with Crippen LogP contribution in [0, 0.1) is 5.92 Å². The number of phenols is 1. The van der Waals surface area contributed by atoms with E-state index in [0.717, 1.165) is 24.5 Å². The quantitative estimate of drug-likeness (QED) is 0.444. The first kappa shape index (κ1) is 25.2. The molecule has 0 spiro atoms. The second-order valence-electron chi connectivity index (χ2n) is 8.45. The molecule has 1 fully saturated rings. The van der Waals surface area contributed by atoms with Gasteiger partial charge in [0.1, 0.15) is 11.8 Å². The fraction of sp³-hybridized carbons (Fsp3) is 0.423. The molecule has 2 atom stereocenters. The largest absolute Gasteiger partial charge is 0.504 e. The molecule has 0 unspecified atom stereocenters. The second kappa shape index (κ2) is 11.2. The number of piperazine rings is 1. The number of ether oxygens (including phenoxy) is 3. The summed E-state index contributed by atoms with van der Waals surface area (Å²) in [6.45, 7) is 6.77. The van der Waals surface area contributed by atoms with E-state index in [0.29, 0.717) is 31.2 Å². The second-order valence-corrected chi connectivity index (χ2v) is 8.45. The van der Waals surface area contributed by atoms with Gasteiger partial charge in [-0.15, -0.1) is 0 Å². The number of nitrogens with zero attached hydrogens (tertiary/aromatic N) is 3. The molecular weight excluding hydrogens is 464 g/mol. The minimum Gasteiger partial charge on any atom is -0.504 e. The van der Waals surface area contributed by atoms with E-state index in [1.807, 2.05) is 36.1 Å². The predicted octanol–water partition coefficient (Wildman–Crippen LogP) is 2.33. The van der Waals surface area contributed by atoms with Crippen molar-refractivity contribution in [3.63, 3.8) is 0 Å². The Morgan fingerprint density at radius 3 is 2.39 bits per heavy atom. The van der Waals surface area contributed by atoms with Crippen molar-refractivity contribution >= 4 is 23.5 Å². The summed E-state index contributed by atoms with van der Waals surface area (Å²) in [7, 11) is 1.64. The molecule has 2 aromatic rings. The molecule has 0 aromatic heterocycles. The third kappa shape index (κ3) is 5.32. The molecule has 1 saturated heterocycles. The summed E-state index contributed by atoms with van der Waals surface area (Å²) in [5, 5.41) is 12.9. The average Bonchev–Trinajstić information content (AvgIpc) is 2.90. The summed E-state index contributed by atoms with van der Waals surface area (Å²) >= 11 is 0. The van der Waals surface area contributed by atoms with Gasteiger partial charge in [-0.3, -0.25) is 14.9 Å². The van der Waals surface area contributed by atoms with E-state index in [4.69, 9.17) is 19.2 Å². The lowest BCUT2D eigenvalue weighted by molar-refractivity contribution is -0.153. The van der Waals surface area contributed by atoms with Crippen LogP contribution in [0.4, 0.5) is 5.69 Å². The Morgan fingerprint density at radius 2 is 1.75 bits per heavy atom. The normalized spacial score (nSPS) is 19.9. The number of hydrogen-bond acceptors (Lipinski definition) is 9. The molecule has 2 aromatic carbocycles. The number of aliphatic imine (C=N–C) groups is 1. The van der Waals surface area contributed by atoms with Gasteiger partial charge in [-0.1, -0.05) is 6.07 Å². The van der Waals surface area contributed by atoms with Crippen LogP contribution < -0.4 is 19.7 Å². The first-order valence-corrected chi connectivity index (χ1v) is 12.1. The molecule has 4 rings (SSSR count). The maximum Gasteiger partial charge on any atom is 0.321 e. The van der Waals surface area contributed by atoms with Gasteiger partial charge in [0.25, 0.3) is 0 Å². The van der Waals surface area contributed by atoms with Crippen LogP contribution in [0.5, 0.6) is 17.2 Å². The van der Waals surface area contributed by atoms with Crippen molar-refractivity contribution in [1.82, 2.24) is 10.2 Å². The van der Waals surface area contributed by atoms with Gasteiger partial charge in [0, 0.05) is 31.9 Å². The van der Waals surface area contributed by atoms with Crippen LogP contribution in [0.3, 0.4) is 0 Å². The lowest BCUT2D eigenvalue weighted by Crippen LogP contribution is -2.57. The monoisotopic (exact) mass is 496 g/mol. The molecule has 2 heterocycles. The van der Waals surface area contributed by atoms with Crippen molar-refractivity contribution in [2.24, 2.45) is 10.9 Å². The number of benzene rings is 2. The van der Waals surface area contributed by atoms with Crippen molar-refractivity contribution in [2.45, 2.75) is 19.9 Å². The summed E-state index contributed by atoms with van der Waals surface area (Å²) in [6.07, 6.45) is 0. The van der Waals surface area contributed by atoms with Crippen LogP contribution in [0.15, 0.2) is 47.5 Å². The molecule has 2 aliphatic rings. The van der Waals surface area contributed by atoms with Gasteiger partial charge in [0.05, 0.1) is 20.3 Å². The van der Waals surface area contributed by atoms with E-state index in [-0.39, 0.29) is 18.1 Å². The van der Waals surface area contributed by atoms with E-state index in [1.54, 1.807) is 26.2 Å². The zero-order valence-corrected chi connectivity index (χ0v) is 20.8. The molecular formula is C26H32N4O6. The highest BCUT2D eigenvalue weighted by Crippen LogP contribution is 2.36. The highest BCUT2D eigenvalue weighted by Gasteiger charge is 2.42. The Balaban J connectivity index is 1.57. The predicted molar refractivity (Wildman–Crippen MR) is 134 cm³/mol. The first-order chi connectivity index (χ1) is 17.4. The zero-order chi connectivity index (χ0) is 25.7. The highest BCUT2D eigenvalue weighted by atomic mass is 16.5. The molecule has 10 nitrogen and oxygen atoms in total. The average molecular weight is 497 g/mol. The molecule has 0 aliphatic carbocycles. The Bertz CT molecular complexity index is 1110. The number of amides is 1. The maximum absolute atomic E-state index is 13.1. The van der Waals surface area contributed by atoms with Crippen molar-refractivity contribution in [3.05, 3.63) is 48.0 Å². The number of methoxy groups -OCH3 is 1. The third-order valence-electron chi connectivity index (χ3n) is 6.28. The number of nitrogens with one attached hydrogen (secondary N) is 1. The van der Waals surface area contributed by atoms with Gasteiger partial charge >= 0.3 is 5.97 Å². The molecule has 192 valence electrons. The zero-order valence-electron chi connectivity index (χ0n) is 20.8. The van der Waals surface area contributed by atoms with Crippen LogP contribution in [0.25, 0.3) is 0 Å². The number of esters is 1. The van der Waals surface area contributed by atoms with Crippen molar-refractivity contribution in [1.29, 1.82) is 0 Å². The summed E-state index contributed by atoms with van der Waals surface area (Å²) in [5.74, 6) is -0.772. The Labute approximate surface area is 210 Å². The van der Waals surface area contributed by atoms with Gasteiger partial charge in [-0.25, -0.2) is 4.99 Å². The van der Waals surface area contributed by atoms with Crippen molar-refractivity contribution < 1.29 is 28.9 Å². The van der Waals surface area contributed by atoms with Crippen molar-refractivity contribution in [2.75, 3.05) is 51.4 Å². The van der Waals surface area contributed by atoms with E-state index in [9.17, 15) is 14.7 Å². The summed E-state index contributed by atoms with van der Waals surface area (Å²) in [4.78, 5) is 35.0. The fourth-order valence-corrected chi connectivity index (χ4v) is 4.42. The number of carbonyl (C=O) groups excluding carboxylic acids is 2. The number of hydrogen-bond donors (Lipinski definition) is 2. The third-order valence-corrected chi connectivity index (χ3v) is 6.28. The molecule has 1 amide bonds. The molecule has 2 aliphatic heterocycles. The van der Waals surface area contributed by atoms with Crippen LogP contribution in [-0.2, 0) is 14.3 Å². The number of anilines is 1. The summed E-state index contributed by atoms with van der Waals surface area (Å²) in [6, 6.07) is 11.9. The Kier molecular flexibility index (Phi) is 7.82. The lowest BCUT2D eigenvalue weighted by atomic mass is 9.91. The highest BCUT2D eigenvalue weighted by molar-refractivity contribution is 6.08. The van der Waals surface area contributed by atoms with E-state index in [1.165, 1.54) is 6.07 Å². The number of carbonyl (C=O) groups is 2. The first-order valence-electron chi connectivity index (χ1n) is 12.1. The van der Waals surface area contributed by atoms with Crippen LogP contribution >= 0.6 is 0 Å². The topological polar surface area (TPSA) is 113 Å². The van der Waals surface area contributed by atoms with Crippen LogP contribution in [0.2, 0.25) is 0 Å². The lowest BCUT2D eigenvalue weighted by Gasteiger charge is -2.39. The van der Waals surface area contributed by atoms with Crippen LogP contribution in [0.1, 0.15) is 25.5 Å². The SMILES string of the molecule is CCOC(=O)[C@@H]1C(=O)NC(N2CCN(c3ccc(OC)cc3)CC2)=N[C@H]1c1ccc(O)c(OCC)c1. The molecule has 0 bridgehead atoms. The molecule has 0 radical (unpaired) electrons. The molecule has 2 N–H and O–H groups in total. The molecule has 10 heteroatoms. The van der Waals surface area contributed by atoms with Gasteiger partial charge in [-0.05, 0) is 55.8 Å². The minimum absolute atomic E-state index is 0.0209. The maximum atomic E-state index is 13.1. The Hall–Kier alpha value is -3.95. The molecule has 36 heavy (non-hydrogen) atoms. The van der Waals surface area contributed by atoms with Crippen molar-refractivity contribution in [3.8, 4) is 17.2 Å². The van der Waals surface area contributed by atoms with Gasteiger partial charge in [0.2, 0.25) is 11.9 Å².